The number of rotatable bonds is 6. The van der Waals surface area contributed by atoms with Crippen LogP contribution in [0.15, 0.2) is 48.5 Å². The van der Waals surface area contributed by atoms with E-state index in [2.05, 4.69) is 41.1 Å². The molecule has 0 radical (unpaired) electrons. The number of benzene rings is 2. The summed E-state index contributed by atoms with van der Waals surface area (Å²) >= 11 is 0. The second-order valence-electron chi connectivity index (χ2n) is 8.99. The number of carbonyl (C=O) groups is 1. The van der Waals surface area contributed by atoms with Crippen LogP contribution in [0.25, 0.3) is 0 Å². The number of nitrogens with zero attached hydrogens (tertiary/aromatic N) is 2. The number of piperazine rings is 1. The maximum atomic E-state index is 12.3. The van der Waals surface area contributed by atoms with Gasteiger partial charge in [-0.2, -0.15) is 0 Å². The number of hydrogen-bond donors (Lipinski definition) is 2. The SMILES string of the molecule is CNC(=O)c1cccc([C@H](c2cccc(O)c2)N2C[C@@H](C)N(CC3CC3)C[C@@H]2C)c1. The van der Waals surface area contributed by atoms with Crippen LogP contribution in [0.5, 0.6) is 5.75 Å². The summed E-state index contributed by atoms with van der Waals surface area (Å²) in [7, 11) is 1.66. The molecule has 0 aromatic heterocycles. The van der Waals surface area contributed by atoms with Crippen molar-refractivity contribution in [3.05, 3.63) is 65.2 Å². The molecule has 2 aromatic carbocycles. The van der Waals surface area contributed by atoms with E-state index >= 15 is 0 Å². The zero-order valence-electron chi connectivity index (χ0n) is 18.2. The number of aromatic hydroxyl groups is 1. The van der Waals surface area contributed by atoms with Gasteiger partial charge in [-0.25, -0.2) is 0 Å². The fraction of sp³-hybridized carbons (Fsp3) is 0.480. The van der Waals surface area contributed by atoms with Crippen molar-refractivity contribution in [3.8, 4) is 5.75 Å². The average molecular weight is 408 g/mol. The molecule has 0 spiro atoms. The summed E-state index contributed by atoms with van der Waals surface area (Å²) < 4.78 is 0. The third-order valence-corrected chi connectivity index (χ3v) is 6.56. The summed E-state index contributed by atoms with van der Waals surface area (Å²) in [4.78, 5) is 17.4. The minimum atomic E-state index is -0.0813. The summed E-state index contributed by atoms with van der Waals surface area (Å²) in [5, 5.41) is 12.9. The molecule has 5 nitrogen and oxygen atoms in total. The largest absolute Gasteiger partial charge is 0.508 e. The van der Waals surface area contributed by atoms with E-state index in [1.165, 1.54) is 19.4 Å². The highest BCUT2D eigenvalue weighted by Gasteiger charge is 2.37. The van der Waals surface area contributed by atoms with Gasteiger partial charge in [-0.1, -0.05) is 24.3 Å². The first kappa shape index (κ1) is 20.9. The van der Waals surface area contributed by atoms with Crippen molar-refractivity contribution in [2.24, 2.45) is 5.92 Å². The van der Waals surface area contributed by atoms with Crippen molar-refractivity contribution >= 4 is 5.91 Å². The molecule has 1 heterocycles. The third kappa shape index (κ3) is 4.52. The maximum absolute atomic E-state index is 12.3. The topological polar surface area (TPSA) is 55.8 Å². The Morgan fingerprint density at radius 2 is 1.77 bits per heavy atom. The van der Waals surface area contributed by atoms with Gasteiger partial charge in [0.15, 0.2) is 0 Å². The standard InChI is InChI=1S/C25H33N3O2/c1-17-15-28(18(2)14-27(17)16-19-10-11-19)24(21-7-5-9-23(29)13-21)20-6-4-8-22(12-20)25(30)26-3/h4-9,12-13,17-19,24,29H,10-11,14-16H2,1-3H3,(H,26,30)/t17-,18+,24-/m1/s1. The average Bonchev–Trinajstić information content (AvgIpc) is 3.55. The second-order valence-corrected chi connectivity index (χ2v) is 8.99. The number of hydrogen-bond acceptors (Lipinski definition) is 4. The number of carbonyl (C=O) groups excluding carboxylic acids is 1. The lowest BCUT2D eigenvalue weighted by molar-refractivity contribution is 0.0216. The van der Waals surface area contributed by atoms with Gasteiger partial charge in [0.2, 0.25) is 0 Å². The van der Waals surface area contributed by atoms with E-state index in [-0.39, 0.29) is 17.7 Å². The van der Waals surface area contributed by atoms with Crippen LogP contribution in [0.2, 0.25) is 0 Å². The molecule has 1 aliphatic carbocycles. The monoisotopic (exact) mass is 407 g/mol. The van der Waals surface area contributed by atoms with E-state index in [0.29, 0.717) is 17.6 Å². The predicted octanol–water partition coefficient (Wildman–Crippen LogP) is 3.65. The minimum absolute atomic E-state index is 0.0118. The molecule has 160 valence electrons. The summed E-state index contributed by atoms with van der Waals surface area (Å²) in [6.45, 7) is 7.83. The molecule has 1 saturated heterocycles. The Hall–Kier alpha value is -2.37. The van der Waals surface area contributed by atoms with E-state index in [9.17, 15) is 9.90 Å². The lowest BCUT2D eigenvalue weighted by Gasteiger charge is -2.48. The molecule has 5 heteroatoms. The highest BCUT2D eigenvalue weighted by atomic mass is 16.3. The molecule has 0 bridgehead atoms. The Morgan fingerprint density at radius 3 is 2.43 bits per heavy atom. The van der Waals surface area contributed by atoms with Crippen LogP contribution >= 0.6 is 0 Å². The number of phenols is 1. The molecule has 3 atom stereocenters. The van der Waals surface area contributed by atoms with Crippen molar-refractivity contribution in [3.63, 3.8) is 0 Å². The molecule has 0 unspecified atom stereocenters. The number of phenolic OH excluding ortho intramolecular Hbond substituents is 1. The van der Waals surface area contributed by atoms with Crippen LogP contribution in [0.3, 0.4) is 0 Å². The van der Waals surface area contributed by atoms with Gasteiger partial charge < -0.3 is 10.4 Å². The number of nitrogens with one attached hydrogen (secondary N) is 1. The Labute approximate surface area is 179 Å². The van der Waals surface area contributed by atoms with Gasteiger partial charge in [-0.05, 0) is 68.0 Å². The zero-order valence-corrected chi connectivity index (χ0v) is 18.2. The molecular weight excluding hydrogens is 374 g/mol. The van der Waals surface area contributed by atoms with Crippen LogP contribution < -0.4 is 5.32 Å². The third-order valence-electron chi connectivity index (χ3n) is 6.56. The van der Waals surface area contributed by atoms with E-state index < -0.39 is 0 Å². The number of amides is 1. The fourth-order valence-electron chi connectivity index (χ4n) is 4.74. The van der Waals surface area contributed by atoms with E-state index in [1.54, 1.807) is 13.1 Å². The summed E-state index contributed by atoms with van der Waals surface area (Å²) in [6.07, 6.45) is 2.75. The Kier molecular flexibility index (Phi) is 6.11. The first-order valence-electron chi connectivity index (χ1n) is 11.1. The molecule has 2 aromatic rings. The van der Waals surface area contributed by atoms with Gasteiger partial charge in [-0.3, -0.25) is 14.6 Å². The summed E-state index contributed by atoms with van der Waals surface area (Å²) in [5.74, 6) is 1.08. The highest BCUT2D eigenvalue weighted by Crippen LogP contribution is 2.36. The molecule has 4 rings (SSSR count). The molecule has 1 aliphatic heterocycles. The fourth-order valence-corrected chi connectivity index (χ4v) is 4.74. The van der Waals surface area contributed by atoms with Gasteiger partial charge in [0.1, 0.15) is 5.75 Å². The van der Waals surface area contributed by atoms with Crippen molar-refractivity contribution in [1.82, 2.24) is 15.1 Å². The van der Waals surface area contributed by atoms with Gasteiger partial charge in [-0.15, -0.1) is 0 Å². The van der Waals surface area contributed by atoms with Crippen molar-refractivity contribution in [1.29, 1.82) is 0 Å². The molecule has 30 heavy (non-hydrogen) atoms. The van der Waals surface area contributed by atoms with E-state index in [1.807, 2.05) is 30.3 Å². The minimum Gasteiger partial charge on any atom is -0.508 e. The molecule has 2 N–H and O–H groups in total. The lowest BCUT2D eigenvalue weighted by Crippen LogP contribution is -2.57. The summed E-state index contributed by atoms with van der Waals surface area (Å²) in [6, 6.07) is 16.3. The first-order valence-corrected chi connectivity index (χ1v) is 11.1. The smallest absolute Gasteiger partial charge is 0.251 e. The Morgan fingerprint density at radius 1 is 1.07 bits per heavy atom. The predicted molar refractivity (Wildman–Crippen MR) is 120 cm³/mol. The Bertz CT molecular complexity index is 895. The normalized spacial score (nSPS) is 23.8. The second kappa shape index (κ2) is 8.78. The van der Waals surface area contributed by atoms with E-state index in [0.717, 1.165) is 30.1 Å². The van der Waals surface area contributed by atoms with Crippen LogP contribution in [0.1, 0.15) is 54.2 Å². The molecule has 1 saturated carbocycles. The summed E-state index contributed by atoms with van der Waals surface area (Å²) in [5.41, 5.74) is 2.79. The van der Waals surface area contributed by atoms with Gasteiger partial charge in [0.05, 0.1) is 6.04 Å². The van der Waals surface area contributed by atoms with Crippen LogP contribution in [-0.2, 0) is 0 Å². The molecular formula is C25H33N3O2. The van der Waals surface area contributed by atoms with Crippen molar-refractivity contribution in [2.75, 3.05) is 26.7 Å². The van der Waals surface area contributed by atoms with Crippen molar-refractivity contribution < 1.29 is 9.90 Å². The lowest BCUT2D eigenvalue weighted by atomic mass is 9.92. The molecule has 2 aliphatic rings. The molecule has 2 fully saturated rings. The maximum Gasteiger partial charge on any atom is 0.251 e. The van der Waals surface area contributed by atoms with E-state index in [4.69, 9.17) is 0 Å². The van der Waals surface area contributed by atoms with Crippen molar-refractivity contribution in [2.45, 2.75) is 44.8 Å². The first-order chi connectivity index (χ1) is 14.5. The van der Waals surface area contributed by atoms with Gasteiger partial charge >= 0.3 is 0 Å². The van der Waals surface area contributed by atoms with Crippen LogP contribution in [0.4, 0.5) is 0 Å². The quantitative estimate of drug-likeness (QED) is 0.768. The highest BCUT2D eigenvalue weighted by molar-refractivity contribution is 5.94. The van der Waals surface area contributed by atoms with Gasteiger partial charge in [0.25, 0.3) is 5.91 Å². The molecule has 1 amide bonds. The zero-order chi connectivity index (χ0) is 21.3. The van der Waals surface area contributed by atoms with Crippen LogP contribution in [-0.4, -0.2) is 59.6 Å². The Balaban J connectivity index is 1.68. The van der Waals surface area contributed by atoms with Gasteiger partial charge in [0, 0.05) is 44.3 Å². The van der Waals surface area contributed by atoms with Crippen LogP contribution in [0, 0.1) is 5.92 Å².